The van der Waals surface area contributed by atoms with Crippen LogP contribution in [-0.2, 0) is 19.6 Å². The Kier molecular flexibility index (Phi) is 2.95. The van der Waals surface area contributed by atoms with Crippen molar-refractivity contribution in [2.75, 3.05) is 7.11 Å². The van der Waals surface area contributed by atoms with E-state index < -0.39 is 27.4 Å². The summed E-state index contributed by atoms with van der Waals surface area (Å²) in [5.41, 5.74) is -0.522. The first-order valence-corrected chi connectivity index (χ1v) is 6.57. The van der Waals surface area contributed by atoms with E-state index in [0.29, 0.717) is 0 Å². The molecule has 0 saturated carbocycles. The van der Waals surface area contributed by atoms with Crippen LogP contribution in [0.5, 0.6) is 0 Å². The number of sulfonamides is 1. The van der Waals surface area contributed by atoms with Crippen LogP contribution in [0.3, 0.4) is 0 Å². The Hall–Kier alpha value is -1.73. The number of esters is 1. The van der Waals surface area contributed by atoms with Gasteiger partial charge < -0.3 is 9.84 Å². The first kappa shape index (κ1) is 12.7. The molecule has 18 heavy (non-hydrogen) atoms. The van der Waals surface area contributed by atoms with Gasteiger partial charge in [-0.2, -0.15) is 0 Å². The Morgan fingerprint density at radius 2 is 2.11 bits per heavy atom. The fraction of sp³-hybridized carbons (Fsp3) is 0.100. The number of methoxy groups -OCH3 is 1. The maximum absolute atomic E-state index is 11.9. The van der Waals surface area contributed by atoms with Crippen LogP contribution in [0.2, 0.25) is 5.02 Å². The van der Waals surface area contributed by atoms with Gasteiger partial charge in [0, 0.05) is 10.6 Å². The number of ether oxygens (including phenoxy) is 1. The van der Waals surface area contributed by atoms with Crippen molar-refractivity contribution in [3.05, 3.63) is 34.5 Å². The molecule has 1 heterocycles. The van der Waals surface area contributed by atoms with E-state index >= 15 is 0 Å². The van der Waals surface area contributed by atoms with E-state index in [0.717, 1.165) is 7.11 Å². The van der Waals surface area contributed by atoms with E-state index in [1.807, 2.05) is 4.72 Å². The number of aliphatic hydroxyl groups excluding tert-OH is 1. The van der Waals surface area contributed by atoms with Gasteiger partial charge in [0.05, 0.1) is 12.0 Å². The lowest BCUT2D eigenvalue weighted by molar-refractivity contribution is -0.136. The zero-order chi connectivity index (χ0) is 13.5. The second-order valence-electron chi connectivity index (χ2n) is 3.46. The van der Waals surface area contributed by atoms with Crippen LogP contribution in [0.25, 0.3) is 5.76 Å². The molecule has 0 saturated heterocycles. The van der Waals surface area contributed by atoms with E-state index in [1.165, 1.54) is 18.2 Å². The number of benzene rings is 1. The lowest BCUT2D eigenvalue weighted by atomic mass is 10.1. The number of carbonyl (C=O) groups excluding carboxylic acids is 1. The summed E-state index contributed by atoms with van der Waals surface area (Å²) in [5.74, 6) is -1.47. The van der Waals surface area contributed by atoms with Crippen LogP contribution in [0.15, 0.2) is 28.8 Å². The average molecular weight is 290 g/mol. The van der Waals surface area contributed by atoms with E-state index in [1.54, 1.807) is 0 Å². The lowest BCUT2D eigenvalue weighted by Gasteiger charge is -2.20. The number of aliphatic hydroxyl groups is 1. The molecular formula is C10H8ClNO5S. The lowest BCUT2D eigenvalue weighted by Crippen LogP contribution is -2.33. The second-order valence-corrected chi connectivity index (χ2v) is 5.55. The summed E-state index contributed by atoms with van der Waals surface area (Å²) in [6.07, 6.45) is 0. The molecule has 0 unspecified atom stereocenters. The quantitative estimate of drug-likeness (QED) is 0.753. The molecule has 0 bridgehead atoms. The second kappa shape index (κ2) is 4.18. The van der Waals surface area contributed by atoms with Crippen LogP contribution in [0.4, 0.5) is 0 Å². The monoisotopic (exact) mass is 289 g/mol. The van der Waals surface area contributed by atoms with Crippen molar-refractivity contribution in [1.82, 2.24) is 4.72 Å². The molecule has 96 valence electrons. The van der Waals surface area contributed by atoms with Crippen molar-refractivity contribution in [3.8, 4) is 0 Å². The van der Waals surface area contributed by atoms with Gasteiger partial charge >= 0.3 is 5.97 Å². The van der Waals surface area contributed by atoms with E-state index in [9.17, 15) is 18.3 Å². The van der Waals surface area contributed by atoms with E-state index in [2.05, 4.69) is 4.74 Å². The number of rotatable bonds is 1. The Morgan fingerprint density at radius 1 is 1.44 bits per heavy atom. The Balaban J connectivity index is 2.74. The predicted molar refractivity (Wildman–Crippen MR) is 63.3 cm³/mol. The molecule has 8 heteroatoms. The van der Waals surface area contributed by atoms with Gasteiger partial charge in [0.15, 0.2) is 11.5 Å². The molecule has 0 radical (unpaired) electrons. The number of hydrogen-bond donors (Lipinski definition) is 2. The molecule has 0 spiro atoms. The molecule has 0 amide bonds. The third-order valence-electron chi connectivity index (χ3n) is 2.35. The minimum absolute atomic E-state index is 0.00134. The molecule has 0 aromatic heterocycles. The average Bonchev–Trinajstić information content (AvgIpc) is 2.33. The highest BCUT2D eigenvalue weighted by Crippen LogP contribution is 2.31. The highest BCUT2D eigenvalue weighted by molar-refractivity contribution is 7.89. The third-order valence-corrected chi connectivity index (χ3v) is 3.98. The third kappa shape index (κ3) is 1.91. The van der Waals surface area contributed by atoms with Gasteiger partial charge in [-0.15, -0.1) is 0 Å². The molecule has 2 rings (SSSR count). The van der Waals surface area contributed by atoms with Crippen molar-refractivity contribution < 1.29 is 23.1 Å². The maximum atomic E-state index is 11.9. The molecule has 1 aromatic rings. The highest BCUT2D eigenvalue weighted by atomic mass is 35.5. The largest absolute Gasteiger partial charge is 0.505 e. The van der Waals surface area contributed by atoms with Gasteiger partial charge in [0.2, 0.25) is 0 Å². The van der Waals surface area contributed by atoms with Crippen molar-refractivity contribution in [1.29, 1.82) is 0 Å². The molecule has 0 fully saturated rings. The summed E-state index contributed by atoms with van der Waals surface area (Å²) in [6.45, 7) is 0. The van der Waals surface area contributed by atoms with Crippen LogP contribution in [0.1, 0.15) is 5.56 Å². The van der Waals surface area contributed by atoms with Crippen molar-refractivity contribution in [2.45, 2.75) is 4.90 Å². The SMILES string of the molecule is COC(=O)C1=C(O)c2ccc(Cl)cc2S(=O)(=O)N1. The molecule has 1 aliphatic heterocycles. The molecule has 0 aliphatic carbocycles. The number of carbonyl (C=O) groups is 1. The summed E-state index contributed by atoms with van der Waals surface area (Å²) in [4.78, 5) is 11.2. The van der Waals surface area contributed by atoms with E-state index in [-0.39, 0.29) is 15.5 Å². The number of nitrogens with one attached hydrogen (secondary N) is 1. The number of fused-ring (bicyclic) bond motifs is 1. The van der Waals surface area contributed by atoms with Gasteiger partial charge in [-0.25, -0.2) is 13.2 Å². The topological polar surface area (TPSA) is 92.7 Å². The van der Waals surface area contributed by atoms with E-state index in [4.69, 9.17) is 11.6 Å². The van der Waals surface area contributed by atoms with Gasteiger partial charge in [-0.3, -0.25) is 4.72 Å². The smallest absolute Gasteiger partial charge is 0.359 e. The zero-order valence-corrected chi connectivity index (χ0v) is 10.7. The standard InChI is InChI=1S/C10H8ClNO5S/c1-17-10(14)8-9(13)6-3-2-5(11)4-7(6)18(15,16)12-8/h2-4,12-13H,1H3. The van der Waals surface area contributed by atoms with Gasteiger partial charge in [0.1, 0.15) is 0 Å². The van der Waals surface area contributed by atoms with Crippen LogP contribution in [-0.4, -0.2) is 26.6 Å². The fourth-order valence-corrected chi connectivity index (χ4v) is 3.06. The molecule has 2 N–H and O–H groups in total. The number of halogens is 1. The van der Waals surface area contributed by atoms with Gasteiger partial charge in [-0.1, -0.05) is 11.6 Å². The molecule has 0 atom stereocenters. The summed E-state index contributed by atoms with van der Waals surface area (Å²) < 4.78 is 30.1. The Labute approximate surface area is 108 Å². The fourth-order valence-electron chi connectivity index (χ4n) is 1.53. The number of hydrogen-bond acceptors (Lipinski definition) is 5. The van der Waals surface area contributed by atoms with Gasteiger partial charge in [0.25, 0.3) is 10.0 Å². The molecule has 1 aliphatic rings. The first-order valence-electron chi connectivity index (χ1n) is 4.71. The zero-order valence-electron chi connectivity index (χ0n) is 9.10. The highest BCUT2D eigenvalue weighted by Gasteiger charge is 2.33. The maximum Gasteiger partial charge on any atom is 0.359 e. The first-order chi connectivity index (χ1) is 8.36. The minimum atomic E-state index is -3.95. The van der Waals surface area contributed by atoms with Crippen LogP contribution >= 0.6 is 11.6 Å². The van der Waals surface area contributed by atoms with Crippen LogP contribution < -0.4 is 4.72 Å². The summed E-state index contributed by atoms with van der Waals surface area (Å²) >= 11 is 5.70. The summed E-state index contributed by atoms with van der Waals surface area (Å²) in [7, 11) is -2.88. The molecule has 1 aromatic carbocycles. The summed E-state index contributed by atoms with van der Waals surface area (Å²) in [5, 5.41) is 10.1. The Morgan fingerprint density at radius 3 is 2.72 bits per heavy atom. The Bertz CT molecular complexity index is 665. The minimum Gasteiger partial charge on any atom is -0.505 e. The van der Waals surface area contributed by atoms with Crippen LogP contribution in [0, 0.1) is 0 Å². The van der Waals surface area contributed by atoms with Gasteiger partial charge in [-0.05, 0) is 18.2 Å². The summed E-state index contributed by atoms with van der Waals surface area (Å²) in [6, 6.07) is 3.91. The predicted octanol–water partition coefficient (Wildman–Crippen LogP) is 1.03. The van der Waals surface area contributed by atoms with Crippen molar-refractivity contribution in [2.24, 2.45) is 0 Å². The van der Waals surface area contributed by atoms with Crippen molar-refractivity contribution in [3.63, 3.8) is 0 Å². The molecular weight excluding hydrogens is 282 g/mol. The normalized spacial score (nSPS) is 16.8. The molecule has 6 nitrogen and oxygen atoms in total. The van der Waals surface area contributed by atoms with Crippen molar-refractivity contribution >= 4 is 33.4 Å².